The van der Waals surface area contributed by atoms with Gasteiger partial charge in [-0.15, -0.1) is 0 Å². The molecular formula is C12H18BrN3O2. The minimum atomic E-state index is -0.355. The molecule has 0 saturated heterocycles. The fraction of sp³-hybridized carbons (Fsp3) is 0.417. The molecule has 0 heterocycles. The maximum Gasteiger partial charge on any atom is 0.173 e. The summed E-state index contributed by atoms with van der Waals surface area (Å²) in [6, 6.07) is 5.60. The number of nitrogens with zero attached hydrogens (tertiary/aromatic N) is 2. The quantitative estimate of drug-likeness (QED) is 0.334. The van der Waals surface area contributed by atoms with Gasteiger partial charge in [0.1, 0.15) is 0 Å². The summed E-state index contributed by atoms with van der Waals surface area (Å²) in [5.41, 5.74) is 7.18. The van der Waals surface area contributed by atoms with E-state index in [0.717, 1.165) is 10.2 Å². The normalized spacial score (nSPS) is 13.4. The van der Waals surface area contributed by atoms with Crippen LogP contribution in [0.25, 0.3) is 0 Å². The van der Waals surface area contributed by atoms with E-state index < -0.39 is 0 Å². The lowest BCUT2D eigenvalue weighted by Crippen LogP contribution is -2.26. The summed E-state index contributed by atoms with van der Waals surface area (Å²) in [7, 11) is 1.90. The molecule has 0 aromatic heterocycles. The molecule has 0 bridgehead atoms. The highest BCUT2D eigenvalue weighted by molar-refractivity contribution is 9.10. The van der Waals surface area contributed by atoms with Gasteiger partial charge in [-0.1, -0.05) is 11.2 Å². The molecule has 0 aliphatic carbocycles. The number of nitrogens with two attached hydrogens (primary N) is 1. The van der Waals surface area contributed by atoms with Crippen molar-refractivity contribution in [2.24, 2.45) is 10.9 Å². The van der Waals surface area contributed by atoms with Crippen molar-refractivity contribution in [3.8, 4) is 0 Å². The first-order chi connectivity index (χ1) is 8.47. The molecule has 0 aliphatic heterocycles. The van der Waals surface area contributed by atoms with Gasteiger partial charge in [-0.2, -0.15) is 0 Å². The van der Waals surface area contributed by atoms with Gasteiger partial charge in [-0.05, 0) is 41.4 Å². The van der Waals surface area contributed by atoms with E-state index >= 15 is 0 Å². The molecule has 0 saturated carbocycles. The fourth-order valence-corrected chi connectivity index (χ4v) is 2.19. The molecule has 0 fully saturated rings. The second-order valence-electron chi connectivity index (χ2n) is 4.18. The molecule has 0 radical (unpaired) electrons. The smallest absolute Gasteiger partial charge is 0.173 e. The molecule has 0 spiro atoms. The van der Waals surface area contributed by atoms with Gasteiger partial charge in [-0.25, -0.2) is 0 Å². The van der Waals surface area contributed by atoms with Crippen LogP contribution in [-0.4, -0.2) is 35.8 Å². The summed E-state index contributed by atoms with van der Waals surface area (Å²) in [4.78, 5) is 1.96. The molecule has 0 amide bonds. The van der Waals surface area contributed by atoms with Crippen molar-refractivity contribution in [3.63, 3.8) is 0 Å². The second kappa shape index (κ2) is 6.61. The molecule has 1 aromatic rings. The van der Waals surface area contributed by atoms with Crippen LogP contribution >= 0.6 is 15.9 Å². The lowest BCUT2D eigenvalue weighted by atomic mass is 10.1. The van der Waals surface area contributed by atoms with Crippen LogP contribution in [0.2, 0.25) is 0 Å². The van der Waals surface area contributed by atoms with Gasteiger partial charge in [0.25, 0.3) is 0 Å². The summed E-state index contributed by atoms with van der Waals surface area (Å²) in [6.07, 6.45) is 0.297. The van der Waals surface area contributed by atoms with Crippen molar-refractivity contribution in [2.75, 3.05) is 18.5 Å². The van der Waals surface area contributed by atoms with Gasteiger partial charge < -0.3 is 20.9 Å². The third kappa shape index (κ3) is 3.61. The van der Waals surface area contributed by atoms with Crippen LogP contribution in [0.5, 0.6) is 0 Å². The first-order valence-corrected chi connectivity index (χ1v) is 6.42. The first-order valence-electron chi connectivity index (χ1n) is 5.63. The van der Waals surface area contributed by atoms with Gasteiger partial charge >= 0.3 is 0 Å². The minimum Gasteiger partial charge on any atom is -0.409 e. The number of aliphatic hydroxyl groups excluding tert-OH is 1. The highest BCUT2D eigenvalue weighted by atomic mass is 79.9. The maximum absolute atomic E-state index is 9.30. The molecule has 1 unspecified atom stereocenters. The Kier molecular flexibility index (Phi) is 5.43. The molecule has 1 atom stereocenters. The van der Waals surface area contributed by atoms with Crippen molar-refractivity contribution < 1.29 is 10.3 Å². The predicted octanol–water partition coefficient (Wildman–Crippen LogP) is 1.75. The molecule has 1 aromatic carbocycles. The Hall–Kier alpha value is -1.27. The molecule has 5 nitrogen and oxygen atoms in total. The Balaban J connectivity index is 3.04. The van der Waals surface area contributed by atoms with Gasteiger partial charge in [0, 0.05) is 23.8 Å². The van der Waals surface area contributed by atoms with Crippen LogP contribution in [0.4, 0.5) is 5.69 Å². The van der Waals surface area contributed by atoms with Crippen molar-refractivity contribution in [1.82, 2.24) is 0 Å². The van der Waals surface area contributed by atoms with Crippen LogP contribution < -0.4 is 10.6 Å². The van der Waals surface area contributed by atoms with Crippen LogP contribution in [0, 0.1) is 0 Å². The van der Waals surface area contributed by atoms with E-state index in [9.17, 15) is 5.11 Å². The summed E-state index contributed by atoms with van der Waals surface area (Å²) in [6.45, 7) is 2.43. The van der Waals surface area contributed by atoms with Gasteiger partial charge in [0.05, 0.1) is 11.7 Å². The highest BCUT2D eigenvalue weighted by Gasteiger charge is 2.14. The van der Waals surface area contributed by atoms with E-state index in [0.29, 0.717) is 18.5 Å². The molecule has 18 heavy (non-hydrogen) atoms. The summed E-state index contributed by atoms with van der Waals surface area (Å²) in [5.74, 6) is 0.0568. The minimum absolute atomic E-state index is 0.0568. The van der Waals surface area contributed by atoms with E-state index in [4.69, 9.17) is 10.9 Å². The number of halogens is 1. The van der Waals surface area contributed by atoms with Gasteiger partial charge in [-0.3, -0.25) is 0 Å². The third-order valence-corrected chi connectivity index (χ3v) is 3.31. The van der Waals surface area contributed by atoms with Gasteiger partial charge in [0.15, 0.2) is 5.84 Å². The van der Waals surface area contributed by atoms with Crippen molar-refractivity contribution in [2.45, 2.75) is 19.4 Å². The largest absolute Gasteiger partial charge is 0.409 e. The SMILES string of the molecule is CC(O)CCN(C)c1cccc(Br)c1/C(N)=N/O. The monoisotopic (exact) mass is 315 g/mol. The Morgan fingerprint density at radius 1 is 1.56 bits per heavy atom. The number of hydrogen-bond acceptors (Lipinski definition) is 4. The molecule has 100 valence electrons. The number of anilines is 1. The zero-order valence-electron chi connectivity index (χ0n) is 10.5. The van der Waals surface area contributed by atoms with Crippen LogP contribution in [0.15, 0.2) is 27.8 Å². The number of rotatable bonds is 5. The number of aliphatic hydroxyl groups is 1. The standard InChI is InChI=1S/C12H18BrN3O2/c1-8(17)6-7-16(2)10-5-3-4-9(13)11(10)12(14)15-18/h3-5,8,17-18H,6-7H2,1-2H3,(H2,14,15). The van der Waals surface area contributed by atoms with Crippen molar-refractivity contribution in [1.29, 1.82) is 0 Å². The zero-order chi connectivity index (χ0) is 13.7. The Morgan fingerprint density at radius 2 is 2.22 bits per heavy atom. The van der Waals surface area contributed by atoms with Crippen LogP contribution in [0.3, 0.4) is 0 Å². The molecule has 1 rings (SSSR count). The average molecular weight is 316 g/mol. The average Bonchev–Trinajstić information content (AvgIpc) is 2.34. The number of benzene rings is 1. The molecule has 0 aliphatic rings. The lowest BCUT2D eigenvalue weighted by molar-refractivity contribution is 0.187. The van der Waals surface area contributed by atoms with E-state index in [1.807, 2.05) is 30.1 Å². The zero-order valence-corrected chi connectivity index (χ0v) is 12.1. The van der Waals surface area contributed by atoms with Gasteiger partial charge in [0.2, 0.25) is 0 Å². The Morgan fingerprint density at radius 3 is 2.78 bits per heavy atom. The van der Waals surface area contributed by atoms with Crippen LogP contribution in [0.1, 0.15) is 18.9 Å². The summed E-state index contributed by atoms with van der Waals surface area (Å²) < 4.78 is 0.763. The van der Waals surface area contributed by atoms with E-state index in [2.05, 4.69) is 21.1 Å². The van der Waals surface area contributed by atoms with E-state index in [1.165, 1.54) is 0 Å². The number of amidine groups is 1. The van der Waals surface area contributed by atoms with Crippen molar-refractivity contribution in [3.05, 3.63) is 28.2 Å². The first kappa shape index (κ1) is 14.8. The second-order valence-corrected chi connectivity index (χ2v) is 5.03. The Bertz CT molecular complexity index is 435. The maximum atomic E-state index is 9.30. The lowest BCUT2D eigenvalue weighted by Gasteiger charge is -2.23. The fourth-order valence-electron chi connectivity index (χ4n) is 1.64. The topological polar surface area (TPSA) is 82.1 Å². The van der Waals surface area contributed by atoms with E-state index in [-0.39, 0.29) is 11.9 Å². The molecule has 4 N–H and O–H groups in total. The summed E-state index contributed by atoms with van der Waals surface area (Å²) in [5, 5.41) is 21.2. The van der Waals surface area contributed by atoms with Crippen molar-refractivity contribution >= 4 is 27.5 Å². The molecular weight excluding hydrogens is 298 g/mol. The highest BCUT2D eigenvalue weighted by Crippen LogP contribution is 2.27. The summed E-state index contributed by atoms with van der Waals surface area (Å²) >= 11 is 3.39. The molecule has 6 heteroatoms. The Labute approximate surface area is 115 Å². The van der Waals surface area contributed by atoms with E-state index in [1.54, 1.807) is 6.92 Å². The number of oxime groups is 1. The third-order valence-electron chi connectivity index (χ3n) is 2.65. The predicted molar refractivity (Wildman–Crippen MR) is 76.2 cm³/mol. The van der Waals surface area contributed by atoms with Crippen LogP contribution in [-0.2, 0) is 0 Å². The number of hydrogen-bond donors (Lipinski definition) is 3.